The molecule has 0 fully saturated rings. The van der Waals surface area contributed by atoms with Crippen molar-refractivity contribution in [3.63, 3.8) is 0 Å². The van der Waals surface area contributed by atoms with Crippen molar-refractivity contribution in [3.05, 3.63) is 35.5 Å². The van der Waals surface area contributed by atoms with Gasteiger partial charge in [0.15, 0.2) is 9.84 Å². The Kier molecular flexibility index (Phi) is 3.69. The van der Waals surface area contributed by atoms with Crippen LogP contribution in [0.1, 0.15) is 31.1 Å². The van der Waals surface area contributed by atoms with E-state index in [9.17, 15) is 8.42 Å². The van der Waals surface area contributed by atoms with E-state index in [-0.39, 0.29) is 11.8 Å². The Morgan fingerprint density at radius 3 is 2.47 bits per heavy atom. The molecule has 1 aromatic heterocycles. The fraction of sp³-hybridized carbons (Fsp3) is 0.429. The van der Waals surface area contributed by atoms with E-state index in [2.05, 4.69) is 18.4 Å². The second-order valence-electron chi connectivity index (χ2n) is 5.27. The lowest BCUT2D eigenvalue weighted by atomic mass is 10.1. The first-order chi connectivity index (χ1) is 8.81. The molecule has 19 heavy (non-hydrogen) atoms. The topological polar surface area (TPSA) is 65.1 Å². The molecule has 2 N–H and O–H groups in total. The van der Waals surface area contributed by atoms with E-state index in [0.717, 1.165) is 22.2 Å². The average Bonchev–Trinajstić information content (AvgIpc) is 2.62. The van der Waals surface area contributed by atoms with Crippen LogP contribution in [0.4, 0.5) is 0 Å². The van der Waals surface area contributed by atoms with E-state index >= 15 is 0 Å². The summed E-state index contributed by atoms with van der Waals surface area (Å²) in [6.45, 7) is 4.60. The lowest BCUT2D eigenvalue weighted by Crippen LogP contribution is -2.10. The first-order valence-corrected chi connectivity index (χ1v) is 8.38. The zero-order valence-electron chi connectivity index (χ0n) is 11.6. The smallest absolute Gasteiger partial charge is 0.153 e. The van der Waals surface area contributed by atoms with Crippen molar-refractivity contribution in [1.82, 2.24) is 4.57 Å². The second-order valence-corrected chi connectivity index (χ2v) is 7.41. The molecule has 1 aromatic carbocycles. The summed E-state index contributed by atoms with van der Waals surface area (Å²) in [4.78, 5) is 0. The number of aromatic nitrogens is 1. The minimum Gasteiger partial charge on any atom is -0.341 e. The molecule has 0 unspecified atom stereocenters. The Morgan fingerprint density at radius 1 is 1.26 bits per heavy atom. The standard InChI is InChI=1S/C14H20N2O2S/c1-10(2)16-13(9-19(3,17)18)7-12-5-4-11(8-15)6-14(12)16/h4-7,10H,8-9,15H2,1-3H3. The van der Waals surface area contributed by atoms with Crippen LogP contribution in [0.3, 0.4) is 0 Å². The maximum absolute atomic E-state index is 11.5. The van der Waals surface area contributed by atoms with Gasteiger partial charge in [-0.3, -0.25) is 0 Å². The first kappa shape index (κ1) is 14.1. The SMILES string of the molecule is CC(C)n1c(CS(C)(=O)=O)cc2ccc(CN)cc21. The molecular formula is C14H20N2O2S. The monoisotopic (exact) mass is 280 g/mol. The van der Waals surface area contributed by atoms with Crippen molar-refractivity contribution >= 4 is 20.7 Å². The van der Waals surface area contributed by atoms with E-state index in [1.165, 1.54) is 6.26 Å². The van der Waals surface area contributed by atoms with Gasteiger partial charge in [0.1, 0.15) is 0 Å². The van der Waals surface area contributed by atoms with Gasteiger partial charge in [-0.2, -0.15) is 0 Å². The average molecular weight is 280 g/mol. The normalized spacial score (nSPS) is 12.5. The van der Waals surface area contributed by atoms with Crippen molar-refractivity contribution in [1.29, 1.82) is 0 Å². The zero-order valence-corrected chi connectivity index (χ0v) is 12.4. The van der Waals surface area contributed by atoms with Gasteiger partial charge in [-0.15, -0.1) is 0 Å². The van der Waals surface area contributed by atoms with E-state index in [1.54, 1.807) is 0 Å². The molecule has 0 spiro atoms. The quantitative estimate of drug-likeness (QED) is 0.934. The minimum absolute atomic E-state index is 0.0673. The number of benzene rings is 1. The summed E-state index contributed by atoms with van der Waals surface area (Å²) in [6, 6.07) is 8.19. The molecular weight excluding hydrogens is 260 g/mol. The molecule has 0 saturated carbocycles. The highest BCUT2D eigenvalue weighted by Crippen LogP contribution is 2.26. The van der Waals surface area contributed by atoms with Crippen LogP contribution in [0.5, 0.6) is 0 Å². The van der Waals surface area contributed by atoms with Crippen molar-refractivity contribution < 1.29 is 8.42 Å². The lowest BCUT2D eigenvalue weighted by Gasteiger charge is -2.14. The van der Waals surface area contributed by atoms with E-state index < -0.39 is 9.84 Å². The van der Waals surface area contributed by atoms with Gasteiger partial charge < -0.3 is 10.3 Å². The number of nitrogens with two attached hydrogens (primary N) is 1. The van der Waals surface area contributed by atoms with Crippen LogP contribution in [0.15, 0.2) is 24.3 Å². The van der Waals surface area contributed by atoms with Crippen molar-refractivity contribution in [2.24, 2.45) is 5.73 Å². The van der Waals surface area contributed by atoms with Crippen LogP contribution in [0.25, 0.3) is 10.9 Å². The number of nitrogens with zero attached hydrogens (tertiary/aromatic N) is 1. The summed E-state index contributed by atoms with van der Waals surface area (Å²) in [5, 5.41) is 1.06. The van der Waals surface area contributed by atoms with Crippen LogP contribution >= 0.6 is 0 Å². The second kappa shape index (κ2) is 4.98. The Balaban J connectivity index is 2.67. The summed E-state index contributed by atoms with van der Waals surface area (Å²) in [6.07, 6.45) is 1.26. The summed E-state index contributed by atoms with van der Waals surface area (Å²) in [5.74, 6) is 0.0673. The van der Waals surface area contributed by atoms with E-state index in [4.69, 9.17) is 5.73 Å². The lowest BCUT2D eigenvalue weighted by molar-refractivity contribution is 0.585. The number of rotatable bonds is 4. The van der Waals surface area contributed by atoms with Gasteiger partial charge in [0.05, 0.1) is 5.75 Å². The van der Waals surface area contributed by atoms with Crippen molar-refractivity contribution in [2.75, 3.05) is 6.26 Å². The Hall–Kier alpha value is -1.33. The van der Waals surface area contributed by atoms with Gasteiger partial charge in [-0.25, -0.2) is 8.42 Å². The van der Waals surface area contributed by atoms with Gasteiger partial charge in [0, 0.05) is 30.1 Å². The highest BCUT2D eigenvalue weighted by atomic mass is 32.2. The molecule has 0 bridgehead atoms. The number of hydrogen-bond acceptors (Lipinski definition) is 3. The third-order valence-corrected chi connectivity index (χ3v) is 3.97. The van der Waals surface area contributed by atoms with Crippen LogP contribution in [0, 0.1) is 0 Å². The highest BCUT2D eigenvalue weighted by Gasteiger charge is 2.15. The van der Waals surface area contributed by atoms with Crippen LogP contribution < -0.4 is 5.73 Å². The molecule has 4 nitrogen and oxygen atoms in total. The number of fused-ring (bicyclic) bond motifs is 1. The molecule has 0 saturated heterocycles. The molecule has 5 heteroatoms. The maximum atomic E-state index is 11.5. The number of sulfone groups is 1. The zero-order chi connectivity index (χ0) is 14.2. The third kappa shape index (κ3) is 2.98. The van der Waals surface area contributed by atoms with Gasteiger partial charge in [0.2, 0.25) is 0 Å². The van der Waals surface area contributed by atoms with Gasteiger partial charge >= 0.3 is 0 Å². The Morgan fingerprint density at radius 2 is 1.95 bits per heavy atom. The molecule has 0 atom stereocenters. The highest BCUT2D eigenvalue weighted by molar-refractivity contribution is 7.89. The molecule has 104 valence electrons. The van der Waals surface area contributed by atoms with E-state index in [0.29, 0.717) is 6.54 Å². The first-order valence-electron chi connectivity index (χ1n) is 6.32. The van der Waals surface area contributed by atoms with Crippen molar-refractivity contribution in [3.8, 4) is 0 Å². The Labute approximate surface area is 114 Å². The molecule has 0 aliphatic rings. The van der Waals surface area contributed by atoms with Gasteiger partial charge in [-0.05, 0) is 36.9 Å². The molecule has 2 rings (SSSR count). The van der Waals surface area contributed by atoms with E-state index in [1.807, 2.05) is 24.3 Å². The van der Waals surface area contributed by atoms with Crippen LogP contribution in [0.2, 0.25) is 0 Å². The predicted molar refractivity (Wildman–Crippen MR) is 78.8 cm³/mol. The largest absolute Gasteiger partial charge is 0.341 e. The molecule has 0 aliphatic carbocycles. The van der Waals surface area contributed by atoms with Gasteiger partial charge in [-0.1, -0.05) is 12.1 Å². The van der Waals surface area contributed by atoms with Gasteiger partial charge in [0.25, 0.3) is 0 Å². The van der Waals surface area contributed by atoms with Crippen LogP contribution in [-0.4, -0.2) is 19.2 Å². The minimum atomic E-state index is -3.04. The fourth-order valence-electron chi connectivity index (χ4n) is 2.44. The summed E-state index contributed by atoms with van der Waals surface area (Å²) < 4.78 is 25.2. The molecule has 0 radical (unpaired) electrons. The molecule has 0 aliphatic heterocycles. The van der Waals surface area contributed by atoms with Crippen molar-refractivity contribution in [2.45, 2.75) is 32.2 Å². The summed E-state index contributed by atoms with van der Waals surface area (Å²) in [7, 11) is -3.04. The third-order valence-electron chi connectivity index (χ3n) is 3.15. The number of hydrogen-bond donors (Lipinski definition) is 1. The molecule has 0 amide bonds. The molecule has 2 aromatic rings. The maximum Gasteiger partial charge on any atom is 0.153 e. The summed E-state index contributed by atoms with van der Waals surface area (Å²) in [5.41, 5.74) is 8.61. The predicted octanol–water partition coefficient (Wildman–Crippen LogP) is 2.23. The molecule has 1 heterocycles. The summed E-state index contributed by atoms with van der Waals surface area (Å²) >= 11 is 0. The van der Waals surface area contributed by atoms with Crippen LogP contribution in [-0.2, 0) is 22.1 Å². The Bertz CT molecular complexity index is 700. The fourth-order valence-corrected chi connectivity index (χ4v) is 3.20.